The Balaban J connectivity index is 1.14. The third-order valence-corrected chi connectivity index (χ3v) is 7.60. The van der Waals surface area contributed by atoms with Crippen molar-refractivity contribution in [1.29, 1.82) is 0 Å². The van der Waals surface area contributed by atoms with Crippen LogP contribution in [0, 0.1) is 0 Å². The van der Waals surface area contributed by atoms with E-state index in [2.05, 4.69) is 34.3 Å². The van der Waals surface area contributed by atoms with Gasteiger partial charge in [0.25, 0.3) is 0 Å². The summed E-state index contributed by atoms with van der Waals surface area (Å²) in [5.41, 5.74) is 2.50. The van der Waals surface area contributed by atoms with Gasteiger partial charge in [-0.05, 0) is 31.2 Å². The molecule has 0 spiro atoms. The molecular weight excluding hydrogens is 569 g/mol. The largest absolute Gasteiger partial charge is 0.573 e. The smallest absolute Gasteiger partial charge is 0.406 e. The number of nitrogens with one attached hydrogen (secondary N) is 1. The number of carbonyl (C=O) groups is 1. The van der Waals surface area contributed by atoms with Crippen molar-refractivity contribution in [2.24, 2.45) is 0 Å². The summed E-state index contributed by atoms with van der Waals surface area (Å²) in [7, 11) is 0. The highest BCUT2D eigenvalue weighted by atomic mass is 32.1. The molecule has 2 aromatic carbocycles. The minimum Gasteiger partial charge on any atom is -0.406 e. The Hall–Kier alpha value is -4.72. The third-order valence-electron chi connectivity index (χ3n) is 6.82. The average Bonchev–Trinajstić information content (AvgIpc) is 3.63. The zero-order valence-corrected chi connectivity index (χ0v) is 23.1. The molecule has 42 heavy (non-hydrogen) atoms. The molecule has 1 amide bonds. The van der Waals surface area contributed by atoms with Crippen molar-refractivity contribution in [2.75, 3.05) is 36.4 Å². The quantitative estimate of drug-likeness (QED) is 0.282. The van der Waals surface area contributed by atoms with Crippen LogP contribution in [0.25, 0.3) is 28.3 Å². The van der Waals surface area contributed by atoms with Crippen molar-refractivity contribution >= 4 is 34.0 Å². The van der Waals surface area contributed by atoms with Crippen molar-refractivity contribution in [3.8, 4) is 28.4 Å². The summed E-state index contributed by atoms with van der Waals surface area (Å²) < 4.78 is 48.1. The van der Waals surface area contributed by atoms with E-state index in [0.29, 0.717) is 54.7 Å². The molecule has 6 rings (SSSR count). The molecule has 0 bridgehead atoms. The molecule has 216 valence electrons. The Morgan fingerprint density at radius 3 is 2.45 bits per heavy atom. The van der Waals surface area contributed by atoms with Gasteiger partial charge in [-0.15, -0.1) is 13.2 Å². The van der Waals surface area contributed by atoms with E-state index >= 15 is 0 Å². The summed E-state index contributed by atoms with van der Waals surface area (Å²) in [5.74, 6) is 0.798. The third kappa shape index (κ3) is 5.84. The van der Waals surface area contributed by atoms with E-state index in [1.165, 1.54) is 35.8 Å². The predicted molar refractivity (Wildman–Crippen MR) is 152 cm³/mol. The molecule has 3 aromatic heterocycles. The van der Waals surface area contributed by atoms with E-state index in [9.17, 15) is 18.0 Å². The van der Waals surface area contributed by atoms with E-state index in [1.807, 2.05) is 30.3 Å². The summed E-state index contributed by atoms with van der Waals surface area (Å²) in [6, 6.07) is 14.6. The summed E-state index contributed by atoms with van der Waals surface area (Å²) in [6.07, 6.45) is 0.0774. The van der Waals surface area contributed by atoms with E-state index in [0.717, 1.165) is 10.7 Å². The van der Waals surface area contributed by atoms with Crippen LogP contribution in [0.3, 0.4) is 0 Å². The second kappa shape index (κ2) is 11.3. The molecule has 0 saturated carbocycles. The normalized spacial score (nSPS) is 14.7. The van der Waals surface area contributed by atoms with Gasteiger partial charge in [-0.2, -0.15) is 9.36 Å². The van der Waals surface area contributed by atoms with Crippen molar-refractivity contribution in [1.82, 2.24) is 28.6 Å². The maximum atomic E-state index is 13.5. The highest BCUT2D eigenvalue weighted by molar-refractivity contribution is 7.09. The van der Waals surface area contributed by atoms with Gasteiger partial charge in [0, 0.05) is 61.2 Å². The number of aromatic nitrogens is 5. The van der Waals surface area contributed by atoms with Crippen LogP contribution in [-0.4, -0.2) is 73.1 Å². The number of hydrogen-bond donors (Lipinski definition) is 1. The number of benzene rings is 2. The first kappa shape index (κ1) is 27.4. The summed E-state index contributed by atoms with van der Waals surface area (Å²) in [6.45, 7) is 4.07. The Morgan fingerprint density at radius 1 is 1.00 bits per heavy atom. The molecule has 1 aliphatic rings. The van der Waals surface area contributed by atoms with E-state index < -0.39 is 12.4 Å². The number of nitrogens with zero attached hydrogens (tertiary/aromatic N) is 7. The molecule has 1 N–H and O–H groups in total. The van der Waals surface area contributed by atoms with Gasteiger partial charge in [0.1, 0.15) is 23.3 Å². The maximum absolute atomic E-state index is 13.5. The van der Waals surface area contributed by atoms with Crippen molar-refractivity contribution < 1.29 is 22.7 Å². The molecule has 5 aromatic rings. The van der Waals surface area contributed by atoms with Crippen molar-refractivity contribution in [3.05, 3.63) is 73.2 Å². The van der Waals surface area contributed by atoms with Crippen LogP contribution in [-0.2, 0) is 4.79 Å². The fourth-order valence-corrected chi connectivity index (χ4v) is 5.51. The molecule has 1 aliphatic heterocycles. The first-order valence-corrected chi connectivity index (χ1v) is 13.9. The Morgan fingerprint density at radius 2 is 1.74 bits per heavy atom. The van der Waals surface area contributed by atoms with Crippen LogP contribution in [0.4, 0.5) is 24.1 Å². The fraction of sp³-hybridized carbons (Fsp3) is 0.250. The number of rotatable bonds is 7. The molecule has 1 saturated heterocycles. The highest BCUT2D eigenvalue weighted by Crippen LogP contribution is 2.32. The van der Waals surface area contributed by atoms with Gasteiger partial charge in [-0.1, -0.05) is 30.3 Å². The van der Waals surface area contributed by atoms with Crippen molar-refractivity contribution in [2.45, 2.75) is 19.3 Å². The first-order chi connectivity index (χ1) is 20.2. The van der Waals surface area contributed by atoms with Crippen molar-refractivity contribution in [3.63, 3.8) is 0 Å². The predicted octanol–water partition coefficient (Wildman–Crippen LogP) is 4.96. The zero-order chi connectivity index (χ0) is 29.3. The number of carbonyl (C=O) groups excluding carboxylic acids is 1. The molecular formula is C28H25F3N8O2S. The van der Waals surface area contributed by atoms with Gasteiger partial charge >= 0.3 is 6.36 Å². The van der Waals surface area contributed by atoms with Gasteiger partial charge in [0.05, 0.1) is 6.20 Å². The average molecular weight is 595 g/mol. The minimum absolute atomic E-state index is 0.0826. The van der Waals surface area contributed by atoms with Crippen LogP contribution in [0.1, 0.15) is 6.92 Å². The Labute approximate surface area is 242 Å². The van der Waals surface area contributed by atoms with Gasteiger partial charge in [0.15, 0.2) is 11.5 Å². The lowest BCUT2D eigenvalue weighted by Gasteiger charge is -2.35. The SMILES string of the molecule is CC(Nc1c(-c2ccc(OC(F)(F)F)cc2)nc2cnccn12)C(=O)N1CCN(c2nc(-c3ccccc3)ns2)CC1. The highest BCUT2D eigenvalue weighted by Gasteiger charge is 2.31. The second-order valence-electron chi connectivity index (χ2n) is 9.63. The zero-order valence-electron chi connectivity index (χ0n) is 22.3. The number of alkyl halides is 3. The lowest BCUT2D eigenvalue weighted by Crippen LogP contribution is -2.52. The van der Waals surface area contributed by atoms with Gasteiger partial charge < -0.3 is 19.9 Å². The number of fused-ring (bicyclic) bond motifs is 1. The van der Waals surface area contributed by atoms with E-state index in [1.54, 1.807) is 34.8 Å². The van der Waals surface area contributed by atoms with Gasteiger partial charge in [-0.25, -0.2) is 4.98 Å². The number of piperazine rings is 1. The molecule has 1 unspecified atom stereocenters. The Bertz CT molecular complexity index is 1680. The first-order valence-electron chi connectivity index (χ1n) is 13.1. The number of hydrogen-bond acceptors (Lipinski definition) is 9. The standard InChI is InChI=1S/C28H25F3N8O2S/c1-18(26(40)37-13-15-38(16-14-37)27-35-24(36-42-27)20-5-3-2-4-6-20)33-25-23(34-22-17-32-11-12-39(22)25)19-7-9-21(10-8-19)41-28(29,30)31/h2-12,17-18,33H,13-16H2,1H3. The monoisotopic (exact) mass is 594 g/mol. The molecule has 14 heteroatoms. The molecule has 1 fully saturated rings. The summed E-state index contributed by atoms with van der Waals surface area (Å²) in [5, 5.41) is 4.10. The molecule has 0 radical (unpaired) electrons. The van der Waals surface area contributed by atoms with Gasteiger partial charge in [0.2, 0.25) is 11.0 Å². The lowest BCUT2D eigenvalue weighted by molar-refractivity contribution is -0.274. The topological polar surface area (TPSA) is 101 Å². The van der Waals surface area contributed by atoms with E-state index in [-0.39, 0.29) is 11.7 Å². The number of imidazole rings is 1. The second-order valence-corrected chi connectivity index (χ2v) is 10.4. The molecule has 1 atom stereocenters. The van der Waals surface area contributed by atoms with Gasteiger partial charge in [-0.3, -0.25) is 14.2 Å². The Kier molecular flexibility index (Phi) is 7.37. The number of anilines is 2. The number of halogens is 3. The molecule has 0 aliphatic carbocycles. The van der Waals surface area contributed by atoms with E-state index in [4.69, 9.17) is 0 Å². The van der Waals surface area contributed by atoms with Crippen LogP contribution < -0.4 is 15.0 Å². The number of ether oxygens (including phenoxy) is 1. The summed E-state index contributed by atoms with van der Waals surface area (Å²) in [4.78, 5) is 30.8. The summed E-state index contributed by atoms with van der Waals surface area (Å²) >= 11 is 1.34. The minimum atomic E-state index is -4.79. The lowest BCUT2D eigenvalue weighted by atomic mass is 10.1. The fourth-order valence-electron chi connectivity index (χ4n) is 4.77. The molecule has 4 heterocycles. The van der Waals surface area contributed by atoms with Crippen LogP contribution >= 0.6 is 11.5 Å². The maximum Gasteiger partial charge on any atom is 0.573 e. The number of amides is 1. The molecule has 10 nitrogen and oxygen atoms in total. The van der Waals surface area contributed by atoms with Crippen LogP contribution in [0.5, 0.6) is 5.75 Å². The van der Waals surface area contributed by atoms with Crippen LogP contribution in [0.15, 0.2) is 73.2 Å². The van der Waals surface area contributed by atoms with Crippen LogP contribution in [0.2, 0.25) is 0 Å².